The third kappa shape index (κ3) is 3.07. The molecule has 1 aromatic rings. The molecule has 4 nitrogen and oxygen atoms in total. The Kier molecular flexibility index (Phi) is 4.10. The number of likely N-dealkylation sites (tertiary alicyclic amines) is 1. The maximum Gasteiger partial charge on any atom is 0.251 e. The number of benzene rings is 1. The van der Waals surface area contributed by atoms with Crippen LogP contribution in [0.5, 0.6) is 0 Å². The molecule has 1 amide bonds. The van der Waals surface area contributed by atoms with Crippen molar-refractivity contribution in [1.29, 1.82) is 0 Å². The lowest BCUT2D eigenvalue weighted by atomic mass is 10.1. The second-order valence-electron chi connectivity index (χ2n) is 5.47. The Morgan fingerprint density at radius 3 is 2.74 bits per heavy atom. The highest BCUT2D eigenvalue weighted by Gasteiger charge is 2.26. The maximum absolute atomic E-state index is 11.7. The second kappa shape index (κ2) is 5.61. The zero-order valence-corrected chi connectivity index (χ0v) is 12.2. The summed E-state index contributed by atoms with van der Waals surface area (Å²) in [5.41, 5.74) is 2.94. The van der Waals surface area contributed by atoms with Crippen LogP contribution in [-0.4, -0.2) is 43.5 Å². The first kappa shape index (κ1) is 13.9. The van der Waals surface area contributed by atoms with Gasteiger partial charge in [0.25, 0.3) is 5.91 Å². The number of amides is 1. The van der Waals surface area contributed by atoms with E-state index in [-0.39, 0.29) is 5.91 Å². The normalized spacial score (nSPS) is 23.4. The topological polar surface area (TPSA) is 44.4 Å². The standard InChI is InChI=1S/C15H23N3O/c1-10-5-6-12(15(19)16-3)8-14(10)17-13-7-11(2)18(4)9-13/h5-6,8,11,13,17H,7,9H2,1-4H3,(H,16,19). The molecule has 1 aliphatic heterocycles. The Bertz CT molecular complexity index is 462. The number of nitrogens with one attached hydrogen (secondary N) is 2. The van der Waals surface area contributed by atoms with Gasteiger partial charge in [-0.2, -0.15) is 0 Å². The molecule has 2 atom stereocenters. The van der Waals surface area contributed by atoms with Crippen molar-refractivity contribution in [2.24, 2.45) is 0 Å². The van der Waals surface area contributed by atoms with E-state index in [2.05, 4.69) is 36.4 Å². The van der Waals surface area contributed by atoms with Crippen LogP contribution in [0.15, 0.2) is 18.2 Å². The molecule has 1 aromatic carbocycles. The first-order valence-electron chi connectivity index (χ1n) is 6.80. The molecule has 104 valence electrons. The number of carbonyl (C=O) groups is 1. The molecule has 1 aliphatic rings. The van der Waals surface area contributed by atoms with E-state index in [0.717, 1.165) is 18.7 Å². The molecule has 0 aromatic heterocycles. The molecule has 0 radical (unpaired) electrons. The smallest absolute Gasteiger partial charge is 0.251 e. The van der Waals surface area contributed by atoms with Gasteiger partial charge < -0.3 is 15.5 Å². The first-order chi connectivity index (χ1) is 9.01. The van der Waals surface area contributed by atoms with Crippen molar-refractivity contribution in [2.45, 2.75) is 32.4 Å². The van der Waals surface area contributed by atoms with Gasteiger partial charge >= 0.3 is 0 Å². The molecule has 0 spiro atoms. The molecule has 1 fully saturated rings. The lowest BCUT2D eigenvalue weighted by Gasteiger charge is -2.17. The first-order valence-corrected chi connectivity index (χ1v) is 6.80. The Labute approximate surface area is 115 Å². The number of carbonyl (C=O) groups excluding carboxylic acids is 1. The SMILES string of the molecule is CNC(=O)c1ccc(C)c(NC2CC(C)N(C)C2)c1. The van der Waals surface area contributed by atoms with Crippen LogP contribution in [-0.2, 0) is 0 Å². The highest BCUT2D eigenvalue weighted by Crippen LogP contribution is 2.23. The highest BCUT2D eigenvalue weighted by molar-refractivity contribution is 5.95. The number of hydrogen-bond acceptors (Lipinski definition) is 3. The van der Waals surface area contributed by atoms with Crippen LogP contribution >= 0.6 is 0 Å². The van der Waals surface area contributed by atoms with Gasteiger partial charge in [-0.05, 0) is 45.0 Å². The molecule has 0 aliphatic carbocycles. The zero-order valence-electron chi connectivity index (χ0n) is 12.2. The summed E-state index contributed by atoms with van der Waals surface area (Å²) in [5.74, 6) is -0.0417. The van der Waals surface area contributed by atoms with E-state index >= 15 is 0 Å². The van der Waals surface area contributed by atoms with Gasteiger partial charge in [0.15, 0.2) is 0 Å². The molecular weight excluding hydrogens is 238 g/mol. The van der Waals surface area contributed by atoms with E-state index in [1.165, 1.54) is 5.56 Å². The average molecular weight is 261 g/mol. The largest absolute Gasteiger partial charge is 0.381 e. The van der Waals surface area contributed by atoms with E-state index in [1.807, 2.05) is 18.2 Å². The Hall–Kier alpha value is -1.55. The van der Waals surface area contributed by atoms with Crippen LogP contribution < -0.4 is 10.6 Å². The summed E-state index contributed by atoms with van der Waals surface area (Å²) in [5, 5.41) is 6.23. The van der Waals surface area contributed by atoms with Crippen molar-refractivity contribution >= 4 is 11.6 Å². The monoisotopic (exact) mass is 261 g/mol. The van der Waals surface area contributed by atoms with Gasteiger partial charge in [-0.1, -0.05) is 6.07 Å². The van der Waals surface area contributed by atoms with Gasteiger partial charge in [0, 0.05) is 36.9 Å². The number of nitrogens with zero attached hydrogens (tertiary/aromatic N) is 1. The molecule has 0 saturated carbocycles. The van der Waals surface area contributed by atoms with Gasteiger partial charge in [-0.3, -0.25) is 4.79 Å². The summed E-state index contributed by atoms with van der Waals surface area (Å²) in [6, 6.07) is 6.87. The lowest BCUT2D eigenvalue weighted by Crippen LogP contribution is -2.25. The van der Waals surface area contributed by atoms with Crippen molar-refractivity contribution in [3.63, 3.8) is 0 Å². The van der Waals surface area contributed by atoms with E-state index < -0.39 is 0 Å². The predicted molar refractivity (Wildman–Crippen MR) is 78.7 cm³/mol. The van der Waals surface area contributed by atoms with Crippen LogP contribution in [0.1, 0.15) is 29.3 Å². The van der Waals surface area contributed by atoms with Crippen LogP contribution in [0, 0.1) is 6.92 Å². The summed E-state index contributed by atoms with van der Waals surface area (Å²) in [7, 11) is 3.81. The summed E-state index contributed by atoms with van der Waals surface area (Å²) >= 11 is 0. The van der Waals surface area contributed by atoms with E-state index in [0.29, 0.717) is 17.6 Å². The van der Waals surface area contributed by atoms with Gasteiger partial charge in [-0.25, -0.2) is 0 Å². The Morgan fingerprint density at radius 1 is 1.42 bits per heavy atom. The predicted octanol–water partition coefficient (Wildman–Crippen LogP) is 1.86. The van der Waals surface area contributed by atoms with Gasteiger partial charge in [0.2, 0.25) is 0 Å². The minimum Gasteiger partial charge on any atom is -0.381 e. The molecule has 19 heavy (non-hydrogen) atoms. The van der Waals surface area contributed by atoms with Crippen LogP contribution in [0.25, 0.3) is 0 Å². The molecule has 1 saturated heterocycles. The molecular formula is C15H23N3O. The molecule has 1 heterocycles. The lowest BCUT2D eigenvalue weighted by molar-refractivity contribution is 0.0963. The Morgan fingerprint density at radius 2 is 2.16 bits per heavy atom. The summed E-state index contributed by atoms with van der Waals surface area (Å²) in [6.07, 6.45) is 1.14. The van der Waals surface area contributed by atoms with Crippen molar-refractivity contribution in [1.82, 2.24) is 10.2 Å². The van der Waals surface area contributed by atoms with Gasteiger partial charge in [0.1, 0.15) is 0 Å². The number of hydrogen-bond donors (Lipinski definition) is 2. The minimum absolute atomic E-state index is 0.0417. The highest BCUT2D eigenvalue weighted by atomic mass is 16.1. The number of anilines is 1. The van der Waals surface area contributed by atoms with Crippen LogP contribution in [0.3, 0.4) is 0 Å². The summed E-state index contributed by atoms with van der Waals surface area (Å²) in [6.45, 7) is 5.36. The second-order valence-corrected chi connectivity index (χ2v) is 5.47. The molecule has 2 rings (SSSR count). The van der Waals surface area contributed by atoms with Crippen molar-refractivity contribution in [3.8, 4) is 0 Å². The van der Waals surface area contributed by atoms with Crippen molar-refractivity contribution in [2.75, 3.05) is 26.0 Å². The van der Waals surface area contributed by atoms with Crippen LogP contribution in [0.4, 0.5) is 5.69 Å². The quantitative estimate of drug-likeness (QED) is 0.873. The van der Waals surface area contributed by atoms with E-state index in [4.69, 9.17) is 0 Å². The average Bonchev–Trinajstić information content (AvgIpc) is 2.70. The van der Waals surface area contributed by atoms with Gasteiger partial charge in [-0.15, -0.1) is 0 Å². The zero-order chi connectivity index (χ0) is 14.0. The third-order valence-corrected chi connectivity index (χ3v) is 3.97. The van der Waals surface area contributed by atoms with Crippen LogP contribution in [0.2, 0.25) is 0 Å². The van der Waals surface area contributed by atoms with E-state index in [1.54, 1.807) is 7.05 Å². The minimum atomic E-state index is -0.0417. The summed E-state index contributed by atoms with van der Waals surface area (Å²) < 4.78 is 0. The number of rotatable bonds is 3. The molecule has 4 heteroatoms. The number of likely N-dealkylation sites (N-methyl/N-ethyl adjacent to an activating group) is 1. The molecule has 2 unspecified atom stereocenters. The molecule has 0 bridgehead atoms. The van der Waals surface area contributed by atoms with E-state index in [9.17, 15) is 4.79 Å². The Balaban J connectivity index is 2.13. The fourth-order valence-electron chi connectivity index (χ4n) is 2.58. The fourth-order valence-corrected chi connectivity index (χ4v) is 2.58. The molecule has 2 N–H and O–H groups in total. The maximum atomic E-state index is 11.7. The fraction of sp³-hybridized carbons (Fsp3) is 0.533. The number of aryl methyl sites for hydroxylation is 1. The van der Waals surface area contributed by atoms with Gasteiger partial charge in [0.05, 0.1) is 0 Å². The summed E-state index contributed by atoms with van der Waals surface area (Å²) in [4.78, 5) is 14.0. The van der Waals surface area contributed by atoms with Crippen molar-refractivity contribution < 1.29 is 4.79 Å². The van der Waals surface area contributed by atoms with Crippen molar-refractivity contribution in [3.05, 3.63) is 29.3 Å². The third-order valence-electron chi connectivity index (χ3n) is 3.97.